The number of carbonyl (C=O) groups excluding carboxylic acids is 3. The number of nitrogens with one attached hydrogen (secondary N) is 3. The van der Waals surface area contributed by atoms with Gasteiger partial charge in [0.25, 0.3) is 0 Å². The molecule has 9 N–H and O–H groups in total. The number of nitrogens with zero attached hydrogens (tertiary/aromatic N) is 2. The molecule has 258 valence electrons. The van der Waals surface area contributed by atoms with E-state index in [9.17, 15) is 29.4 Å². The van der Waals surface area contributed by atoms with Crippen LogP contribution in [0.15, 0.2) is 66.9 Å². The van der Waals surface area contributed by atoms with Gasteiger partial charge in [0.15, 0.2) is 0 Å². The van der Waals surface area contributed by atoms with Crippen LogP contribution in [-0.2, 0) is 25.6 Å². The van der Waals surface area contributed by atoms with E-state index in [1.807, 2.05) is 60.7 Å². The second-order valence-corrected chi connectivity index (χ2v) is 11.0. The first-order valence-corrected chi connectivity index (χ1v) is 14.5. The molecule has 2 fully saturated rings. The van der Waals surface area contributed by atoms with Gasteiger partial charge in [-0.25, -0.2) is 4.79 Å². The number of pyridine rings is 1. The Morgan fingerprint density at radius 3 is 2.34 bits per heavy atom. The van der Waals surface area contributed by atoms with Gasteiger partial charge >= 0.3 is 5.97 Å². The van der Waals surface area contributed by atoms with E-state index in [4.69, 9.17) is 11.5 Å². The van der Waals surface area contributed by atoms with Gasteiger partial charge in [0.1, 0.15) is 12.1 Å². The quantitative estimate of drug-likeness (QED) is 0.167. The Bertz CT molecular complexity index is 1470. The average molecular weight is 715 g/mol. The number of nitrogen functional groups attached to an aromatic ring is 1. The molecule has 16 heteroatoms. The summed E-state index contributed by atoms with van der Waals surface area (Å²) in [5.74, 6) is -2.46. The number of nitrogens with two attached hydrogens (primary N) is 2. The lowest BCUT2D eigenvalue weighted by Crippen LogP contribution is -2.49. The number of carbonyl (C=O) groups is 4. The molecule has 5 atom stereocenters. The maximum atomic E-state index is 13.0. The number of aryl methyl sites for hydroxylation is 1. The number of fused-ring (bicyclic) bond motifs is 1. The molecule has 0 unspecified atom stereocenters. The summed E-state index contributed by atoms with van der Waals surface area (Å²) in [6.07, 6.45) is 1.57. The fraction of sp³-hybridized carbons (Fsp3) is 0.387. The number of benzene rings is 2. The SMILES string of the molecule is Cl.Cl.Cl.NCC(=O)N[C@H]1CN[C@H](C(=O)N2C[C@H](NC(=O)[C@H](O)CCc3ccccc3)C[C@H]2C(=O)O)C1.Nc1cnc2ccccc2c1. The zero-order valence-electron chi connectivity index (χ0n) is 25.5. The Morgan fingerprint density at radius 2 is 1.66 bits per heavy atom. The fourth-order valence-corrected chi connectivity index (χ4v) is 5.40. The monoisotopic (exact) mass is 713 g/mol. The average Bonchev–Trinajstić information content (AvgIpc) is 3.67. The number of rotatable bonds is 9. The van der Waals surface area contributed by atoms with Crippen molar-refractivity contribution in [2.24, 2.45) is 5.73 Å². The number of amides is 3. The molecule has 2 saturated heterocycles. The van der Waals surface area contributed by atoms with Crippen molar-refractivity contribution in [2.75, 3.05) is 25.4 Å². The third kappa shape index (κ3) is 11.8. The van der Waals surface area contributed by atoms with Crippen LogP contribution in [0.2, 0.25) is 0 Å². The molecular formula is C31H42Cl3N7O6. The van der Waals surface area contributed by atoms with Crippen molar-refractivity contribution in [1.82, 2.24) is 25.8 Å². The highest BCUT2D eigenvalue weighted by atomic mass is 35.5. The number of aliphatic hydroxyl groups excluding tert-OH is 1. The van der Waals surface area contributed by atoms with E-state index in [0.29, 0.717) is 25.1 Å². The minimum absolute atomic E-state index is 0. The van der Waals surface area contributed by atoms with Gasteiger partial charge in [0, 0.05) is 37.0 Å². The molecule has 1 aromatic heterocycles. The lowest BCUT2D eigenvalue weighted by molar-refractivity contribution is -0.148. The summed E-state index contributed by atoms with van der Waals surface area (Å²) in [4.78, 5) is 54.0. The number of aromatic nitrogens is 1. The zero-order chi connectivity index (χ0) is 31.6. The van der Waals surface area contributed by atoms with Crippen molar-refractivity contribution in [2.45, 2.75) is 56.0 Å². The minimum atomic E-state index is -1.23. The van der Waals surface area contributed by atoms with E-state index >= 15 is 0 Å². The number of carboxylic acid groups (broad SMARTS) is 1. The van der Waals surface area contributed by atoms with Crippen LogP contribution in [0.1, 0.15) is 24.8 Å². The molecule has 13 nitrogen and oxygen atoms in total. The molecule has 3 aromatic rings. The number of aliphatic hydroxyl groups is 1. The van der Waals surface area contributed by atoms with Crippen LogP contribution in [-0.4, -0.2) is 93.7 Å². The van der Waals surface area contributed by atoms with Gasteiger partial charge in [-0.15, -0.1) is 37.2 Å². The molecule has 5 rings (SSSR count). The van der Waals surface area contributed by atoms with E-state index in [0.717, 1.165) is 16.5 Å². The third-order valence-corrected chi connectivity index (χ3v) is 7.66. The van der Waals surface area contributed by atoms with Crippen LogP contribution >= 0.6 is 37.2 Å². The smallest absolute Gasteiger partial charge is 0.326 e. The number of hydrogen-bond acceptors (Lipinski definition) is 9. The van der Waals surface area contributed by atoms with E-state index in [1.165, 1.54) is 4.90 Å². The Morgan fingerprint density at radius 1 is 0.979 bits per heavy atom. The number of halogens is 3. The fourth-order valence-electron chi connectivity index (χ4n) is 5.40. The van der Waals surface area contributed by atoms with Gasteiger partial charge in [-0.05, 0) is 37.0 Å². The largest absolute Gasteiger partial charge is 0.480 e. The van der Waals surface area contributed by atoms with Crippen LogP contribution in [0, 0.1) is 0 Å². The van der Waals surface area contributed by atoms with Crippen LogP contribution < -0.4 is 27.4 Å². The summed E-state index contributed by atoms with van der Waals surface area (Å²) < 4.78 is 0. The molecule has 2 aliphatic heterocycles. The lowest BCUT2D eigenvalue weighted by Gasteiger charge is -2.25. The van der Waals surface area contributed by atoms with Crippen LogP contribution in [0.3, 0.4) is 0 Å². The summed E-state index contributed by atoms with van der Waals surface area (Å²) in [5.41, 5.74) is 13.6. The van der Waals surface area contributed by atoms with E-state index in [1.54, 1.807) is 6.20 Å². The predicted octanol–water partition coefficient (Wildman–Crippen LogP) is 1.04. The Balaban J connectivity index is 0.000000666. The van der Waals surface area contributed by atoms with Crippen LogP contribution in [0.25, 0.3) is 10.9 Å². The van der Waals surface area contributed by atoms with Crippen molar-refractivity contribution >= 4 is 77.5 Å². The first-order chi connectivity index (χ1) is 21.1. The maximum absolute atomic E-state index is 13.0. The van der Waals surface area contributed by atoms with Crippen LogP contribution in [0.4, 0.5) is 5.69 Å². The number of carboxylic acids is 1. The lowest BCUT2D eigenvalue weighted by atomic mass is 10.1. The summed E-state index contributed by atoms with van der Waals surface area (Å²) in [7, 11) is 0. The molecule has 3 heterocycles. The second kappa shape index (κ2) is 19.8. The molecule has 3 amide bonds. The van der Waals surface area contributed by atoms with Crippen molar-refractivity contribution in [3.05, 3.63) is 72.4 Å². The molecule has 0 saturated carbocycles. The number of para-hydroxylation sites is 1. The maximum Gasteiger partial charge on any atom is 0.326 e. The summed E-state index contributed by atoms with van der Waals surface area (Å²) in [6, 6.07) is 16.7. The van der Waals surface area contributed by atoms with Gasteiger partial charge in [-0.2, -0.15) is 0 Å². The van der Waals surface area contributed by atoms with Gasteiger partial charge < -0.3 is 42.5 Å². The number of anilines is 1. The number of hydrogen-bond donors (Lipinski definition) is 7. The minimum Gasteiger partial charge on any atom is -0.480 e. The zero-order valence-corrected chi connectivity index (χ0v) is 27.9. The Kier molecular flexibility index (Phi) is 17.4. The van der Waals surface area contributed by atoms with Crippen molar-refractivity contribution < 1.29 is 29.4 Å². The van der Waals surface area contributed by atoms with Gasteiger partial charge in [0.05, 0.1) is 30.0 Å². The van der Waals surface area contributed by atoms with Crippen molar-refractivity contribution in [1.29, 1.82) is 0 Å². The van der Waals surface area contributed by atoms with E-state index in [2.05, 4.69) is 20.9 Å². The molecule has 0 aliphatic carbocycles. The standard InChI is InChI=1S/C22H31N5O6.C9H8N2.3ClH/c23-10-19(29)25-14-8-16(24-11-14)21(31)27-12-15(9-17(27)22(32)33)26-20(30)18(28)7-6-13-4-2-1-3-5-13;10-8-5-7-3-1-2-4-9(7)11-6-8;;;/h1-5,14-18,24,28H,6-12,23H2,(H,25,29)(H,26,30)(H,32,33);1-6H,10H2;3*1H/t14-,15-,16+,17+,18-;;;;/m1..../s1. The third-order valence-electron chi connectivity index (χ3n) is 7.66. The number of aliphatic carboxylic acids is 1. The molecular weight excluding hydrogens is 673 g/mol. The van der Waals surface area contributed by atoms with Gasteiger partial charge in [-0.1, -0.05) is 48.5 Å². The van der Waals surface area contributed by atoms with Crippen molar-refractivity contribution in [3.63, 3.8) is 0 Å². The summed E-state index contributed by atoms with van der Waals surface area (Å²) in [6.45, 7) is 0.257. The highest BCUT2D eigenvalue weighted by molar-refractivity contribution is 5.89. The first kappa shape index (κ1) is 41.3. The second-order valence-electron chi connectivity index (χ2n) is 11.0. The molecule has 2 aromatic carbocycles. The topological polar surface area (TPSA) is 213 Å². The highest BCUT2D eigenvalue weighted by Gasteiger charge is 2.44. The highest BCUT2D eigenvalue weighted by Crippen LogP contribution is 2.22. The van der Waals surface area contributed by atoms with Crippen LogP contribution in [0.5, 0.6) is 0 Å². The Labute approximate surface area is 291 Å². The molecule has 0 bridgehead atoms. The molecule has 0 spiro atoms. The van der Waals surface area contributed by atoms with Crippen molar-refractivity contribution in [3.8, 4) is 0 Å². The summed E-state index contributed by atoms with van der Waals surface area (Å²) >= 11 is 0. The molecule has 2 aliphatic rings. The Hall–Kier alpha value is -3.72. The van der Waals surface area contributed by atoms with E-state index < -0.39 is 42.0 Å². The van der Waals surface area contributed by atoms with E-state index in [-0.39, 0.29) is 75.1 Å². The molecule has 0 radical (unpaired) electrons. The van der Waals surface area contributed by atoms with Gasteiger partial charge in [0.2, 0.25) is 17.7 Å². The first-order valence-electron chi connectivity index (χ1n) is 14.5. The normalized spacial score (nSPS) is 20.3. The molecule has 47 heavy (non-hydrogen) atoms. The number of likely N-dealkylation sites (tertiary alicyclic amines) is 1. The van der Waals surface area contributed by atoms with Gasteiger partial charge in [-0.3, -0.25) is 19.4 Å². The summed E-state index contributed by atoms with van der Waals surface area (Å²) in [5, 5.41) is 29.3. The predicted molar refractivity (Wildman–Crippen MR) is 186 cm³/mol.